The number of anilines is 1. The summed E-state index contributed by atoms with van der Waals surface area (Å²) < 4.78 is 21.5. The van der Waals surface area contributed by atoms with Gasteiger partial charge in [-0.15, -0.1) is 11.3 Å². The summed E-state index contributed by atoms with van der Waals surface area (Å²) in [6.45, 7) is 1.22. The first-order valence-corrected chi connectivity index (χ1v) is 10.7. The minimum atomic E-state index is -0.743. The van der Waals surface area contributed by atoms with Gasteiger partial charge in [0.1, 0.15) is 22.8 Å². The molecule has 0 unspecified atom stereocenters. The number of aryl methyl sites for hydroxylation is 1. The van der Waals surface area contributed by atoms with Crippen molar-refractivity contribution in [3.8, 4) is 11.4 Å². The van der Waals surface area contributed by atoms with E-state index in [-0.39, 0.29) is 16.9 Å². The number of nitrogens with zero attached hydrogens (tertiary/aromatic N) is 2. The second kappa shape index (κ2) is 8.60. The topological polar surface area (TPSA) is 82.3 Å². The van der Waals surface area contributed by atoms with Gasteiger partial charge < -0.3 is 10.1 Å². The van der Waals surface area contributed by atoms with Crippen LogP contribution >= 0.6 is 22.9 Å². The Balaban J connectivity index is 1.75. The van der Waals surface area contributed by atoms with Crippen LogP contribution in [0.1, 0.15) is 5.56 Å². The van der Waals surface area contributed by atoms with E-state index in [9.17, 15) is 18.8 Å². The van der Waals surface area contributed by atoms with Gasteiger partial charge in [-0.05, 0) is 54.3 Å². The molecule has 2 aromatic heterocycles. The first-order valence-electron chi connectivity index (χ1n) is 9.43. The van der Waals surface area contributed by atoms with Crippen LogP contribution in [0.5, 0.6) is 5.75 Å². The number of carbonyl (C=O) groups is 1. The highest BCUT2D eigenvalue weighted by Gasteiger charge is 2.18. The van der Waals surface area contributed by atoms with Crippen molar-refractivity contribution in [2.45, 2.75) is 13.5 Å². The fraction of sp³-hybridized carbons (Fsp3) is 0.136. The van der Waals surface area contributed by atoms with Gasteiger partial charge in [0.05, 0.1) is 23.3 Å². The normalized spacial score (nSPS) is 11.0. The van der Waals surface area contributed by atoms with Gasteiger partial charge in [0.25, 0.3) is 5.56 Å². The molecule has 2 aromatic carbocycles. The lowest BCUT2D eigenvalue weighted by atomic mass is 10.2. The van der Waals surface area contributed by atoms with Gasteiger partial charge in [0.15, 0.2) is 0 Å². The third kappa shape index (κ3) is 3.92. The van der Waals surface area contributed by atoms with Gasteiger partial charge in [-0.2, -0.15) is 0 Å². The fourth-order valence-corrected chi connectivity index (χ4v) is 4.36. The van der Waals surface area contributed by atoms with Gasteiger partial charge in [0.2, 0.25) is 5.91 Å². The Kier molecular flexibility index (Phi) is 5.86. The smallest absolute Gasteiger partial charge is 0.336 e. The van der Waals surface area contributed by atoms with Gasteiger partial charge in [-0.1, -0.05) is 17.7 Å². The Bertz CT molecular complexity index is 1470. The number of hydrogen-bond donors (Lipinski definition) is 1. The maximum absolute atomic E-state index is 14.1. The van der Waals surface area contributed by atoms with Crippen LogP contribution in [0.25, 0.3) is 15.9 Å². The standard InChI is InChI=1S/C22H17ClFN3O4S/c1-12-3-5-14(10-16(12)24)27-21(29)20-17(7-8-32-20)26(22(27)30)11-19(28)25-13-4-6-18(31-2)15(23)9-13/h3-10H,11H2,1-2H3,(H,25,28). The Morgan fingerprint density at radius 2 is 1.97 bits per heavy atom. The molecule has 4 rings (SSSR count). The Labute approximate surface area is 190 Å². The number of halogens is 2. The number of hydrogen-bond acceptors (Lipinski definition) is 5. The maximum Gasteiger partial charge on any atom is 0.336 e. The molecular formula is C22H17ClFN3O4S. The molecule has 0 aliphatic carbocycles. The molecule has 0 saturated carbocycles. The highest BCUT2D eigenvalue weighted by Crippen LogP contribution is 2.27. The molecular weight excluding hydrogens is 457 g/mol. The molecule has 2 heterocycles. The molecule has 4 aromatic rings. The van der Waals surface area contributed by atoms with Crippen molar-refractivity contribution >= 4 is 44.7 Å². The highest BCUT2D eigenvalue weighted by atomic mass is 35.5. The van der Waals surface area contributed by atoms with Crippen LogP contribution in [0.2, 0.25) is 5.02 Å². The number of nitrogens with one attached hydrogen (secondary N) is 1. The zero-order valence-corrected chi connectivity index (χ0v) is 18.6. The Morgan fingerprint density at radius 3 is 2.66 bits per heavy atom. The van der Waals surface area contributed by atoms with E-state index >= 15 is 0 Å². The summed E-state index contributed by atoms with van der Waals surface area (Å²) in [6.07, 6.45) is 0. The van der Waals surface area contributed by atoms with Crippen molar-refractivity contribution in [1.82, 2.24) is 9.13 Å². The van der Waals surface area contributed by atoms with Crippen LogP contribution in [0.4, 0.5) is 10.1 Å². The zero-order valence-electron chi connectivity index (χ0n) is 17.0. The number of benzene rings is 2. The van der Waals surface area contributed by atoms with Crippen LogP contribution in [0.3, 0.4) is 0 Å². The zero-order chi connectivity index (χ0) is 23.0. The van der Waals surface area contributed by atoms with Crippen molar-refractivity contribution in [3.05, 3.63) is 85.1 Å². The predicted octanol–water partition coefficient (Wildman–Crippen LogP) is 3.96. The van der Waals surface area contributed by atoms with Crippen molar-refractivity contribution in [2.75, 3.05) is 12.4 Å². The molecule has 164 valence electrons. The quantitative estimate of drug-likeness (QED) is 0.475. The number of thiophene rings is 1. The van der Waals surface area contributed by atoms with Crippen LogP contribution in [0.15, 0.2) is 57.4 Å². The molecule has 0 saturated heterocycles. The third-order valence-electron chi connectivity index (χ3n) is 4.91. The maximum atomic E-state index is 14.1. The minimum Gasteiger partial charge on any atom is -0.495 e. The summed E-state index contributed by atoms with van der Waals surface area (Å²) in [5.41, 5.74) is -0.0821. The van der Waals surface area contributed by atoms with Crippen LogP contribution in [-0.4, -0.2) is 22.2 Å². The first kappa shape index (κ1) is 21.8. The summed E-state index contributed by atoms with van der Waals surface area (Å²) in [6, 6.07) is 10.4. The van der Waals surface area contributed by atoms with E-state index in [0.29, 0.717) is 27.5 Å². The number of ether oxygens (including phenoxy) is 1. The second-order valence-corrected chi connectivity index (χ2v) is 8.30. The van der Waals surface area contributed by atoms with Crippen LogP contribution in [-0.2, 0) is 11.3 Å². The van der Waals surface area contributed by atoms with Gasteiger partial charge in [0, 0.05) is 5.69 Å². The molecule has 0 atom stereocenters. The van der Waals surface area contributed by atoms with Crippen LogP contribution in [0, 0.1) is 12.7 Å². The van der Waals surface area contributed by atoms with E-state index in [1.165, 1.54) is 29.9 Å². The van der Waals surface area contributed by atoms with E-state index in [1.807, 2.05) is 0 Å². The largest absolute Gasteiger partial charge is 0.495 e. The summed E-state index contributed by atoms with van der Waals surface area (Å²) in [5.74, 6) is -0.583. The van der Waals surface area contributed by atoms with E-state index in [4.69, 9.17) is 16.3 Å². The van der Waals surface area contributed by atoms with E-state index in [1.54, 1.807) is 30.5 Å². The molecule has 1 N–H and O–H groups in total. The fourth-order valence-electron chi connectivity index (χ4n) is 3.28. The van der Waals surface area contributed by atoms with Crippen molar-refractivity contribution < 1.29 is 13.9 Å². The average Bonchev–Trinajstić information content (AvgIpc) is 3.24. The number of carbonyl (C=O) groups excluding carboxylic acids is 1. The van der Waals surface area contributed by atoms with Gasteiger partial charge in [-0.3, -0.25) is 14.2 Å². The lowest BCUT2D eigenvalue weighted by molar-refractivity contribution is -0.116. The minimum absolute atomic E-state index is 0.0921. The van der Waals surface area contributed by atoms with Crippen LogP contribution < -0.4 is 21.3 Å². The molecule has 0 aliphatic heterocycles. The molecule has 1 amide bonds. The SMILES string of the molecule is COc1ccc(NC(=O)Cn2c(=O)n(-c3ccc(C)c(F)c3)c(=O)c3sccc32)cc1Cl. The molecule has 0 bridgehead atoms. The summed E-state index contributed by atoms with van der Waals surface area (Å²) in [5, 5.41) is 4.65. The molecule has 32 heavy (non-hydrogen) atoms. The molecule has 0 aliphatic rings. The summed E-state index contributed by atoms with van der Waals surface area (Å²) in [4.78, 5) is 38.9. The number of rotatable bonds is 5. The van der Waals surface area contributed by atoms with E-state index < -0.39 is 23.0 Å². The number of methoxy groups -OCH3 is 1. The Morgan fingerprint density at radius 1 is 1.19 bits per heavy atom. The predicted molar refractivity (Wildman–Crippen MR) is 123 cm³/mol. The molecule has 0 spiro atoms. The molecule has 0 radical (unpaired) electrons. The van der Waals surface area contributed by atoms with Crippen molar-refractivity contribution in [2.24, 2.45) is 0 Å². The number of amides is 1. The first-order chi connectivity index (χ1) is 15.3. The lowest BCUT2D eigenvalue weighted by Gasteiger charge is -2.13. The Hall–Kier alpha value is -3.43. The summed E-state index contributed by atoms with van der Waals surface area (Å²) in [7, 11) is 1.48. The molecule has 0 fully saturated rings. The number of fused-ring (bicyclic) bond motifs is 1. The second-order valence-electron chi connectivity index (χ2n) is 6.98. The molecule has 10 heteroatoms. The van der Waals surface area contributed by atoms with Gasteiger partial charge >= 0.3 is 5.69 Å². The average molecular weight is 474 g/mol. The van der Waals surface area contributed by atoms with Crippen molar-refractivity contribution in [1.29, 1.82) is 0 Å². The third-order valence-corrected chi connectivity index (χ3v) is 6.09. The van der Waals surface area contributed by atoms with E-state index in [0.717, 1.165) is 22.0 Å². The summed E-state index contributed by atoms with van der Waals surface area (Å²) >= 11 is 7.23. The highest BCUT2D eigenvalue weighted by molar-refractivity contribution is 7.17. The lowest BCUT2D eigenvalue weighted by Crippen LogP contribution is -2.40. The molecule has 7 nitrogen and oxygen atoms in total. The van der Waals surface area contributed by atoms with Crippen molar-refractivity contribution in [3.63, 3.8) is 0 Å². The van der Waals surface area contributed by atoms with E-state index in [2.05, 4.69) is 5.32 Å². The monoisotopic (exact) mass is 473 g/mol. The van der Waals surface area contributed by atoms with Gasteiger partial charge in [-0.25, -0.2) is 13.8 Å². The number of aromatic nitrogens is 2.